The smallest absolute Gasteiger partial charge is 0.211 e. The van der Waals surface area contributed by atoms with Gasteiger partial charge in [0.25, 0.3) is 0 Å². The first-order valence-corrected chi connectivity index (χ1v) is 8.39. The van der Waals surface area contributed by atoms with E-state index in [4.69, 9.17) is 0 Å². The standard InChI is InChI=1S/C17H14BrN3S/c1-21-15-9-5-6-10-16(15)22-17(21)20-19-12-14(18)11-13-7-3-2-4-8-13/h2-12H,1H3. The van der Waals surface area contributed by atoms with Crippen molar-refractivity contribution in [2.75, 3.05) is 0 Å². The van der Waals surface area contributed by atoms with E-state index >= 15 is 0 Å². The molecule has 1 aromatic heterocycles. The molecule has 0 radical (unpaired) electrons. The number of halogens is 1. The molecule has 0 unspecified atom stereocenters. The van der Waals surface area contributed by atoms with Gasteiger partial charge in [0.15, 0.2) is 0 Å². The lowest BCUT2D eigenvalue weighted by atomic mass is 10.2. The Bertz CT molecular complexity index is 904. The molecule has 0 bridgehead atoms. The Labute approximate surface area is 141 Å². The van der Waals surface area contributed by atoms with E-state index < -0.39 is 0 Å². The molecule has 0 saturated heterocycles. The summed E-state index contributed by atoms with van der Waals surface area (Å²) in [5.41, 5.74) is 2.29. The number of nitrogens with zero attached hydrogens (tertiary/aromatic N) is 3. The van der Waals surface area contributed by atoms with Crippen molar-refractivity contribution >= 4 is 49.8 Å². The summed E-state index contributed by atoms with van der Waals surface area (Å²) < 4.78 is 4.13. The summed E-state index contributed by atoms with van der Waals surface area (Å²) in [6.07, 6.45) is 3.71. The number of aryl methyl sites for hydroxylation is 1. The monoisotopic (exact) mass is 371 g/mol. The normalized spacial score (nSPS) is 13.4. The zero-order valence-corrected chi connectivity index (χ0v) is 14.4. The molecule has 1 heterocycles. The van der Waals surface area contributed by atoms with E-state index in [9.17, 15) is 0 Å². The van der Waals surface area contributed by atoms with Crippen molar-refractivity contribution < 1.29 is 0 Å². The van der Waals surface area contributed by atoms with Gasteiger partial charge in [0.05, 0.1) is 16.4 Å². The van der Waals surface area contributed by atoms with E-state index in [0.717, 1.165) is 14.8 Å². The largest absolute Gasteiger partial charge is 0.318 e. The summed E-state index contributed by atoms with van der Waals surface area (Å²) >= 11 is 5.12. The predicted molar refractivity (Wildman–Crippen MR) is 98.2 cm³/mol. The molecule has 0 aliphatic heterocycles. The Morgan fingerprint density at radius 1 is 1.09 bits per heavy atom. The highest BCUT2D eigenvalue weighted by atomic mass is 79.9. The Kier molecular flexibility index (Phi) is 4.65. The lowest BCUT2D eigenvalue weighted by molar-refractivity contribution is 0.889. The van der Waals surface area contributed by atoms with Gasteiger partial charge < -0.3 is 4.57 Å². The van der Waals surface area contributed by atoms with Gasteiger partial charge in [0.2, 0.25) is 4.80 Å². The summed E-state index contributed by atoms with van der Waals surface area (Å²) in [7, 11) is 2.00. The number of hydrogen-bond acceptors (Lipinski definition) is 3. The molecular formula is C17H14BrN3S. The van der Waals surface area contributed by atoms with Crippen LogP contribution in [-0.4, -0.2) is 10.8 Å². The maximum absolute atomic E-state index is 4.30. The van der Waals surface area contributed by atoms with Gasteiger partial charge in [-0.3, -0.25) is 0 Å². The summed E-state index contributed by atoms with van der Waals surface area (Å²) in [6.45, 7) is 0. The lowest BCUT2D eigenvalue weighted by Gasteiger charge is -1.93. The lowest BCUT2D eigenvalue weighted by Crippen LogP contribution is -2.08. The molecule has 110 valence electrons. The number of aromatic nitrogens is 1. The van der Waals surface area contributed by atoms with E-state index in [-0.39, 0.29) is 0 Å². The summed E-state index contributed by atoms with van der Waals surface area (Å²) in [6, 6.07) is 18.3. The zero-order valence-electron chi connectivity index (χ0n) is 12.0. The SMILES string of the molecule is Cn1c(=NN=CC(Br)=Cc2ccccc2)sc2ccccc21. The zero-order chi connectivity index (χ0) is 15.4. The van der Waals surface area contributed by atoms with Gasteiger partial charge in [-0.15, -0.1) is 5.10 Å². The van der Waals surface area contributed by atoms with Crippen molar-refractivity contribution in [3.63, 3.8) is 0 Å². The van der Waals surface area contributed by atoms with Crippen molar-refractivity contribution in [2.45, 2.75) is 0 Å². The van der Waals surface area contributed by atoms with Gasteiger partial charge in [-0.1, -0.05) is 53.8 Å². The minimum absolute atomic E-state index is 0.873. The molecule has 0 aliphatic rings. The van der Waals surface area contributed by atoms with Crippen LogP contribution in [0.1, 0.15) is 5.56 Å². The number of fused-ring (bicyclic) bond motifs is 1. The Balaban J connectivity index is 1.86. The minimum Gasteiger partial charge on any atom is -0.318 e. The van der Waals surface area contributed by atoms with E-state index in [1.165, 1.54) is 10.2 Å². The van der Waals surface area contributed by atoms with E-state index in [0.29, 0.717) is 0 Å². The molecular weight excluding hydrogens is 358 g/mol. The van der Waals surface area contributed by atoms with Crippen LogP contribution < -0.4 is 4.80 Å². The summed E-state index contributed by atoms with van der Waals surface area (Å²) in [5.74, 6) is 0. The molecule has 0 N–H and O–H groups in total. The summed E-state index contributed by atoms with van der Waals surface area (Å²) in [4.78, 5) is 0.873. The number of hydrogen-bond donors (Lipinski definition) is 0. The fourth-order valence-corrected chi connectivity index (χ4v) is 3.39. The first-order valence-electron chi connectivity index (χ1n) is 6.78. The molecule has 0 spiro atoms. The molecule has 3 aromatic rings. The number of allylic oxidation sites excluding steroid dienone is 1. The van der Waals surface area contributed by atoms with Gasteiger partial charge in [0, 0.05) is 11.5 Å². The Hall–Kier alpha value is -1.98. The second-order valence-corrected chi connectivity index (χ2v) is 6.62. The van der Waals surface area contributed by atoms with Gasteiger partial charge in [-0.25, -0.2) is 0 Å². The highest BCUT2D eigenvalue weighted by Crippen LogP contribution is 2.15. The molecule has 5 heteroatoms. The Morgan fingerprint density at radius 3 is 2.59 bits per heavy atom. The van der Waals surface area contributed by atoms with Crippen molar-refractivity contribution in [3.8, 4) is 0 Å². The minimum atomic E-state index is 0.873. The predicted octanol–water partition coefficient (Wildman–Crippen LogP) is 4.56. The molecule has 0 aliphatic carbocycles. The van der Waals surface area contributed by atoms with Crippen molar-refractivity contribution in [2.24, 2.45) is 17.3 Å². The second kappa shape index (κ2) is 6.85. The highest BCUT2D eigenvalue weighted by Gasteiger charge is 2.00. The number of rotatable bonds is 3. The van der Waals surface area contributed by atoms with Crippen molar-refractivity contribution in [1.29, 1.82) is 0 Å². The van der Waals surface area contributed by atoms with Gasteiger partial charge in [-0.2, -0.15) is 5.10 Å². The van der Waals surface area contributed by atoms with E-state index in [1.807, 2.05) is 60.2 Å². The van der Waals surface area contributed by atoms with E-state index in [2.05, 4.69) is 38.3 Å². The van der Waals surface area contributed by atoms with Crippen LogP contribution >= 0.6 is 27.3 Å². The van der Waals surface area contributed by atoms with Crippen LogP contribution in [0.25, 0.3) is 16.3 Å². The van der Waals surface area contributed by atoms with Crippen LogP contribution in [0.4, 0.5) is 0 Å². The van der Waals surface area contributed by atoms with Crippen LogP contribution in [0.15, 0.2) is 69.3 Å². The maximum Gasteiger partial charge on any atom is 0.211 e. The molecule has 3 nitrogen and oxygen atoms in total. The highest BCUT2D eigenvalue weighted by molar-refractivity contribution is 9.12. The van der Waals surface area contributed by atoms with Crippen molar-refractivity contribution in [1.82, 2.24) is 4.57 Å². The van der Waals surface area contributed by atoms with Crippen LogP contribution in [-0.2, 0) is 7.05 Å². The third-order valence-corrected chi connectivity index (χ3v) is 4.68. The quantitative estimate of drug-likeness (QED) is 0.477. The fourth-order valence-electron chi connectivity index (χ4n) is 2.06. The van der Waals surface area contributed by atoms with Gasteiger partial charge in [0.1, 0.15) is 0 Å². The molecule has 0 amide bonds. The molecule has 0 fully saturated rings. The van der Waals surface area contributed by atoms with Gasteiger partial charge >= 0.3 is 0 Å². The first kappa shape index (κ1) is 14.9. The first-order chi connectivity index (χ1) is 10.7. The molecule has 3 rings (SSSR count). The topological polar surface area (TPSA) is 29.6 Å². The molecule has 22 heavy (non-hydrogen) atoms. The third-order valence-electron chi connectivity index (χ3n) is 3.14. The Morgan fingerprint density at radius 2 is 1.82 bits per heavy atom. The number of benzene rings is 2. The fraction of sp³-hybridized carbons (Fsp3) is 0.0588. The second-order valence-electron chi connectivity index (χ2n) is 4.70. The van der Waals surface area contributed by atoms with Crippen molar-refractivity contribution in [3.05, 3.63) is 69.4 Å². The van der Waals surface area contributed by atoms with Crippen LogP contribution in [0.5, 0.6) is 0 Å². The van der Waals surface area contributed by atoms with Gasteiger partial charge in [-0.05, 0) is 39.7 Å². The average Bonchev–Trinajstić information content (AvgIpc) is 2.85. The van der Waals surface area contributed by atoms with Crippen LogP contribution in [0.3, 0.4) is 0 Å². The number of thiazole rings is 1. The van der Waals surface area contributed by atoms with E-state index in [1.54, 1.807) is 17.6 Å². The number of para-hydroxylation sites is 1. The molecule has 2 aromatic carbocycles. The average molecular weight is 372 g/mol. The van der Waals surface area contributed by atoms with Crippen LogP contribution in [0.2, 0.25) is 0 Å². The maximum atomic E-state index is 4.30. The van der Waals surface area contributed by atoms with Crippen LogP contribution in [0, 0.1) is 0 Å². The third kappa shape index (κ3) is 3.43. The molecule has 0 atom stereocenters. The summed E-state index contributed by atoms with van der Waals surface area (Å²) in [5, 5.41) is 8.47. The molecule has 0 saturated carbocycles.